The smallest absolute Gasteiger partial charge is 0.207 e. The third-order valence-corrected chi connectivity index (χ3v) is 8.19. The van der Waals surface area contributed by atoms with Crippen molar-refractivity contribution < 1.29 is 16.8 Å². The number of aryl methyl sites for hydroxylation is 2. The van der Waals surface area contributed by atoms with Crippen molar-refractivity contribution in [2.45, 2.75) is 23.6 Å². The van der Waals surface area contributed by atoms with Gasteiger partial charge in [0, 0.05) is 6.54 Å². The highest BCUT2D eigenvalue weighted by Crippen LogP contribution is 2.17. The summed E-state index contributed by atoms with van der Waals surface area (Å²) in [7, 11) is -7.60. The number of hydrogen-bond donors (Lipinski definition) is 0. The molecule has 0 fully saturated rings. The third kappa shape index (κ3) is 6.32. The van der Waals surface area contributed by atoms with E-state index in [-0.39, 0.29) is 36.0 Å². The monoisotopic (exact) mass is 470 g/mol. The average Bonchev–Trinajstić information content (AvgIpc) is 2.75. The first-order chi connectivity index (χ1) is 15.1. The fraction of sp³-hybridized carbons (Fsp3) is 0.250. The molecule has 0 aromatic heterocycles. The predicted molar refractivity (Wildman–Crippen MR) is 127 cm³/mol. The Morgan fingerprint density at radius 3 is 1.59 bits per heavy atom. The van der Waals surface area contributed by atoms with E-state index in [1.54, 1.807) is 24.3 Å². The number of terminal acetylenes is 1. The summed E-state index contributed by atoms with van der Waals surface area (Å²) in [4.78, 5) is 0.276. The summed E-state index contributed by atoms with van der Waals surface area (Å²) in [6.07, 6.45) is 6.82. The van der Waals surface area contributed by atoms with Crippen molar-refractivity contribution in [3.63, 3.8) is 0 Å². The van der Waals surface area contributed by atoms with Gasteiger partial charge in [-0.3, -0.25) is 0 Å². The van der Waals surface area contributed by atoms with E-state index in [4.69, 9.17) is 6.42 Å². The van der Waals surface area contributed by atoms with Crippen molar-refractivity contribution in [2.24, 2.45) is 0 Å². The van der Waals surface area contributed by atoms with Crippen LogP contribution in [0.3, 0.4) is 0 Å². The first kappa shape index (κ1) is 25.4. The van der Waals surface area contributed by atoms with Gasteiger partial charge in [0.2, 0.25) is 20.0 Å². The van der Waals surface area contributed by atoms with Gasteiger partial charge in [0.15, 0.2) is 0 Å². The average molecular weight is 471 g/mol. The van der Waals surface area contributed by atoms with Crippen LogP contribution in [-0.4, -0.2) is 51.6 Å². The van der Waals surface area contributed by atoms with Crippen LogP contribution in [0.1, 0.15) is 11.1 Å². The molecule has 168 valence electrons. The van der Waals surface area contributed by atoms with Gasteiger partial charge in [-0.15, -0.1) is 13.0 Å². The Bertz CT molecular complexity index is 1250. The number of nitrogens with zero attached hydrogens (tertiary/aromatic N) is 2. The van der Waals surface area contributed by atoms with Crippen LogP contribution in [0.25, 0.3) is 0 Å². The molecule has 0 spiro atoms. The van der Waals surface area contributed by atoms with E-state index in [9.17, 15) is 16.8 Å². The number of sulfonamides is 2. The molecule has 8 heteroatoms. The van der Waals surface area contributed by atoms with E-state index >= 15 is 0 Å². The quantitative estimate of drug-likeness (QED) is 0.417. The van der Waals surface area contributed by atoms with E-state index < -0.39 is 20.0 Å². The summed E-state index contributed by atoms with van der Waals surface area (Å²) in [5.41, 5.74) is 1.88. The SMILES string of the molecule is C#CCN(CC#CCN(CC=C)S(=O)(=O)c1ccc(C)cc1)S(=O)(=O)c1ccc(C)cc1. The van der Waals surface area contributed by atoms with Gasteiger partial charge in [-0.1, -0.05) is 59.2 Å². The van der Waals surface area contributed by atoms with Crippen molar-refractivity contribution in [3.8, 4) is 24.2 Å². The van der Waals surface area contributed by atoms with Crippen LogP contribution in [0.4, 0.5) is 0 Å². The molecule has 0 aliphatic carbocycles. The van der Waals surface area contributed by atoms with Gasteiger partial charge in [-0.05, 0) is 38.1 Å². The summed E-state index contributed by atoms with van der Waals surface area (Å²) in [5, 5.41) is 0. The molecule has 0 bridgehead atoms. The van der Waals surface area contributed by atoms with Crippen LogP contribution in [0, 0.1) is 38.0 Å². The summed E-state index contributed by atoms with van der Waals surface area (Å²) in [6.45, 7) is 6.99. The largest absolute Gasteiger partial charge is 0.244 e. The second-order valence-corrected chi connectivity index (χ2v) is 10.9. The van der Waals surface area contributed by atoms with Gasteiger partial charge in [0.1, 0.15) is 0 Å². The van der Waals surface area contributed by atoms with Crippen LogP contribution < -0.4 is 0 Å². The molecule has 32 heavy (non-hydrogen) atoms. The minimum absolute atomic E-state index is 0.0701. The van der Waals surface area contributed by atoms with Crippen LogP contribution in [0.5, 0.6) is 0 Å². The van der Waals surface area contributed by atoms with Crippen molar-refractivity contribution in [2.75, 3.05) is 26.2 Å². The number of benzene rings is 2. The molecule has 0 atom stereocenters. The lowest BCUT2D eigenvalue weighted by atomic mass is 10.2. The zero-order chi connectivity index (χ0) is 23.8. The first-order valence-corrected chi connectivity index (χ1v) is 12.6. The molecule has 6 nitrogen and oxygen atoms in total. The van der Waals surface area contributed by atoms with Crippen LogP contribution in [0.15, 0.2) is 71.0 Å². The highest BCUT2D eigenvalue weighted by molar-refractivity contribution is 7.89. The minimum Gasteiger partial charge on any atom is -0.207 e. The molecular weight excluding hydrogens is 444 g/mol. The Morgan fingerprint density at radius 2 is 1.19 bits per heavy atom. The second-order valence-electron chi connectivity index (χ2n) is 7.04. The lowest BCUT2D eigenvalue weighted by Gasteiger charge is -2.19. The van der Waals surface area contributed by atoms with Gasteiger partial charge >= 0.3 is 0 Å². The highest BCUT2D eigenvalue weighted by atomic mass is 32.2. The molecule has 2 aromatic rings. The molecule has 0 radical (unpaired) electrons. The Morgan fingerprint density at radius 1 is 0.781 bits per heavy atom. The van der Waals surface area contributed by atoms with Gasteiger partial charge in [0.05, 0.1) is 29.4 Å². The molecule has 0 unspecified atom stereocenters. The van der Waals surface area contributed by atoms with Crippen molar-refractivity contribution in [1.29, 1.82) is 0 Å². The maximum atomic E-state index is 12.9. The Balaban J connectivity index is 2.20. The molecule has 0 saturated heterocycles. The van der Waals surface area contributed by atoms with Crippen molar-refractivity contribution in [3.05, 3.63) is 72.3 Å². The van der Waals surface area contributed by atoms with Crippen molar-refractivity contribution >= 4 is 20.0 Å². The van der Waals surface area contributed by atoms with Crippen LogP contribution >= 0.6 is 0 Å². The second kappa shape index (κ2) is 11.1. The molecule has 2 rings (SSSR count). The van der Waals surface area contributed by atoms with Gasteiger partial charge < -0.3 is 0 Å². The molecule has 0 amide bonds. The first-order valence-electron chi connectivity index (χ1n) is 9.76. The maximum Gasteiger partial charge on any atom is 0.244 e. The molecule has 0 heterocycles. The lowest BCUT2D eigenvalue weighted by molar-refractivity contribution is 0.474. The Kier molecular flexibility index (Phi) is 8.82. The highest BCUT2D eigenvalue weighted by Gasteiger charge is 2.24. The van der Waals surface area contributed by atoms with Crippen LogP contribution in [-0.2, 0) is 20.0 Å². The summed E-state index contributed by atoms with van der Waals surface area (Å²) in [6, 6.07) is 13.0. The van der Waals surface area contributed by atoms with Gasteiger partial charge in [-0.25, -0.2) is 16.8 Å². The van der Waals surface area contributed by atoms with E-state index in [0.29, 0.717) is 0 Å². The minimum atomic E-state index is -3.83. The van der Waals surface area contributed by atoms with E-state index in [0.717, 1.165) is 15.4 Å². The molecule has 0 aliphatic heterocycles. The Hall–Kier alpha value is -2.88. The normalized spacial score (nSPS) is 11.6. The fourth-order valence-corrected chi connectivity index (χ4v) is 5.30. The van der Waals surface area contributed by atoms with E-state index in [2.05, 4.69) is 24.3 Å². The predicted octanol–water partition coefficient (Wildman–Crippen LogP) is 2.81. The van der Waals surface area contributed by atoms with E-state index in [1.165, 1.54) is 34.6 Å². The molecule has 0 aliphatic rings. The fourth-order valence-electron chi connectivity index (χ4n) is 2.73. The number of rotatable bonds is 9. The Labute approximate surface area is 191 Å². The lowest BCUT2D eigenvalue weighted by Crippen LogP contribution is -2.33. The molecule has 0 saturated carbocycles. The van der Waals surface area contributed by atoms with E-state index in [1.807, 2.05) is 13.8 Å². The third-order valence-electron chi connectivity index (χ3n) is 4.55. The van der Waals surface area contributed by atoms with Crippen molar-refractivity contribution in [1.82, 2.24) is 8.61 Å². The standard InChI is InChI=1S/C24H26N2O4S2/c1-5-17-25(31(27,28)23-13-9-21(3)10-14-23)19-7-8-20-26(18-6-2)32(29,30)24-15-11-22(4)12-16-24/h1,6,9-16H,2,17-20H2,3-4H3. The van der Waals surface area contributed by atoms with Gasteiger partial charge in [-0.2, -0.15) is 8.61 Å². The number of hydrogen-bond acceptors (Lipinski definition) is 4. The summed E-state index contributed by atoms with van der Waals surface area (Å²) >= 11 is 0. The summed E-state index contributed by atoms with van der Waals surface area (Å²) in [5.74, 6) is 7.83. The summed E-state index contributed by atoms with van der Waals surface area (Å²) < 4.78 is 53.8. The molecular formula is C24H26N2O4S2. The molecule has 2 aromatic carbocycles. The molecule has 0 N–H and O–H groups in total. The maximum absolute atomic E-state index is 12.9. The topological polar surface area (TPSA) is 74.8 Å². The zero-order valence-electron chi connectivity index (χ0n) is 18.2. The van der Waals surface area contributed by atoms with Gasteiger partial charge in [0.25, 0.3) is 0 Å². The zero-order valence-corrected chi connectivity index (χ0v) is 19.8. The van der Waals surface area contributed by atoms with Crippen LogP contribution in [0.2, 0.25) is 0 Å².